The van der Waals surface area contributed by atoms with Gasteiger partial charge in [0, 0.05) is 52.1 Å². The number of nitrogens with zero attached hydrogens (tertiary/aromatic N) is 5. The standard InChI is InChI=1S/C18H24N6O2/c1-14-21-15(13-16(22-14)19-7-12-26-2)18(25)24-10-8-23(9-11-24)17-5-3-4-6-20-17/h3-6,13H,7-12H2,1-2H3,(H,19,21,22). The summed E-state index contributed by atoms with van der Waals surface area (Å²) in [6, 6.07) is 7.57. The number of piperazine rings is 1. The number of amides is 1. The molecule has 1 aliphatic rings. The van der Waals surface area contributed by atoms with Crippen molar-refractivity contribution >= 4 is 17.5 Å². The fourth-order valence-electron chi connectivity index (χ4n) is 2.89. The molecule has 8 nitrogen and oxygen atoms in total. The molecule has 2 aromatic heterocycles. The van der Waals surface area contributed by atoms with Crippen LogP contribution in [0.1, 0.15) is 16.3 Å². The largest absolute Gasteiger partial charge is 0.383 e. The average molecular weight is 356 g/mol. The van der Waals surface area contributed by atoms with Crippen LogP contribution in [0.15, 0.2) is 30.5 Å². The monoisotopic (exact) mass is 356 g/mol. The van der Waals surface area contributed by atoms with Crippen molar-refractivity contribution in [1.82, 2.24) is 19.9 Å². The third-order valence-electron chi connectivity index (χ3n) is 4.21. The first-order chi connectivity index (χ1) is 12.7. The Morgan fingerprint density at radius 1 is 1.23 bits per heavy atom. The summed E-state index contributed by atoms with van der Waals surface area (Å²) in [6.45, 7) is 5.79. The molecule has 0 atom stereocenters. The Labute approximate surface area is 153 Å². The van der Waals surface area contributed by atoms with E-state index in [0.29, 0.717) is 43.6 Å². The highest BCUT2D eigenvalue weighted by atomic mass is 16.5. The number of nitrogens with one attached hydrogen (secondary N) is 1. The first-order valence-electron chi connectivity index (χ1n) is 8.71. The lowest BCUT2D eigenvalue weighted by molar-refractivity contribution is 0.0740. The molecule has 3 heterocycles. The van der Waals surface area contributed by atoms with Crippen molar-refractivity contribution in [3.63, 3.8) is 0 Å². The smallest absolute Gasteiger partial charge is 0.272 e. The Morgan fingerprint density at radius 3 is 2.73 bits per heavy atom. The first-order valence-corrected chi connectivity index (χ1v) is 8.71. The molecule has 0 bridgehead atoms. The van der Waals surface area contributed by atoms with E-state index in [2.05, 4.69) is 25.2 Å². The van der Waals surface area contributed by atoms with Crippen molar-refractivity contribution in [2.45, 2.75) is 6.92 Å². The van der Waals surface area contributed by atoms with E-state index in [1.54, 1.807) is 26.3 Å². The van der Waals surface area contributed by atoms with Gasteiger partial charge in [0.05, 0.1) is 6.61 Å². The average Bonchev–Trinajstić information content (AvgIpc) is 2.68. The molecule has 138 valence electrons. The maximum absolute atomic E-state index is 12.8. The summed E-state index contributed by atoms with van der Waals surface area (Å²) < 4.78 is 5.02. The molecule has 0 saturated carbocycles. The molecule has 0 aliphatic carbocycles. The van der Waals surface area contributed by atoms with Crippen LogP contribution >= 0.6 is 0 Å². The van der Waals surface area contributed by atoms with E-state index in [-0.39, 0.29) is 5.91 Å². The molecule has 0 radical (unpaired) electrons. The summed E-state index contributed by atoms with van der Waals surface area (Å²) in [5.74, 6) is 2.10. The lowest BCUT2D eigenvalue weighted by Gasteiger charge is -2.35. The predicted octanol–water partition coefficient (Wildman–Crippen LogP) is 1.20. The van der Waals surface area contributed by atoms with Crippen LogP contribution in [0.4, 0.5) is 11.6 Å². The van der Waals surface area contributed by atoms with Crippen LogP contribution in [-0.2, 0) is 4.74 Å². The van der Waals surface area contributed by atoms with E-state index in [0.717, 1.165) is 18.9 Å². The van der Waals surface area contributed by atoms with Crippen molar-refractivity contribution in [1.29, 1.82) is 0 Å². The van der Waals surface area contributed by atoms with Gasteiger partial charge >= 0.3 is 0 Å². The minimum atomic E-state index is -0.0639. The second kappa shape index (κ2) is 8.57. The highest BCUT2D eigenvalue weighted by Gasteiger charge is 2.24. The highest BCUT2D eigenvalue weighted by Crippen LogP contribution is 2.15. The number of anilines is 2. The zero-order valence-electron chi connectivity index (χ0n) is 15.2. The van der Waals surface area contributed by atoms with Crippen molar-refractivity contribution in [2.24, 2.45) is 0 Å². The van der Waals surface area contributed by atoms with E-state index in [9.17, 15) is 4.79 Å². The molecule has 1 N–H and O–H groups in total. The predicted molar refractivity (Wildman–Crippen MR) is 99.5 cm³/mol. The first kappa shape index (κ1) is 18.1. The van der Waals surface area contributed by atoms with Crippen molar-refractivity contribution in [2.75, 3.05) is 56.7 Å². The van der Waals surface area contributed by atoms with Crippen LogP contribution in [0.5, 0.6) is 0 Å². The van der Waals surface area contributed by atoms with Gasteiger partial charge < -0.3 is 19.9 Å². The van der Waals surface area contributed by atoms with Gasteiger partial charge in [-0.05, 0) is 19.1 Å². The maximum Gasteiger partial charge on any atom is 0.272 e. The molecule has 1 amide bonds. The molecule has 1 aliphatic heterocycles. The zero-order chi connectivity index (χ0) is 18.4. The second-order valence-electron chi connectivity index (χ2n) is 6.07. The molecule has 0 unspecified atom stereocenters. The van der Waals surface area contributed by atoms with E-state index < -0.39 is 0 Å². The number of methoxy groups -OCH3 is 1. The van der Waals surface area contributed by atoms with Crippen LogP contribution < -0.4 is 10.2 Å². The molecular weight excluding hydrogens is 332 g/mol. The number of hydrogen-bond donors (Lipinski definition) is 1. The third-order valence-corrected chi connectivity index (χ3v) is 4.21. The summed E-state index contributed by atoms with van der Waals surface area (Å²) in [5.41, 5.74) is 0.420. The third kappa shape index (κ3) is 4.45. The lowest BCUT2D eigenvalue weighted by Crippen LogP contribution is -2.49. The van der Waals surface area contributed by atoms with E-state index in [1.807, 2.05) is 23.1 Å². The number of carbonyl (C=O) groups is 1. The molecule has 26 heavy (non-hydrogen) atoms. The number of hydrogen-bond acceptors (Lipinski definition) is 7. The number of carbonyl (C=O) groups excluding carboxylic acids is 1. The Balaban J connectivity index is 1.63. The maximum atomic E-state index is 12.8. The minimum absolute atomic E-state index is 0.0639. The summed E-state index contributed by atoms with van der Waals surface area (Å²) in [5, 5.41) is 3.15. The molecule has 1 saturated heterocycles. The zero-order valence-corrected chi connectivity index (χ0v) is 15.2. The van der Waals surface area contributed by atoms with Gasteiger partial charge in [-0.1, -0.05) is 6.07 Å². The molecule has 3 rings (SSSR count). The number of aryl methyl sites for hydroxylation is 1. The topological polar surface area (TPSA) is 83.5 Å². The van der Waals surface area contributed by atoms with Gasteiger partial charge in [-0.15, -0.1) is 0 Å². The van der Waals surface area contributed by atoms with Gasteiger partial charge in [0.25, 0.3) is 5.91 Å². The van der Waals surface area contributed by atoms with Crippen molar-refractivity contribution in [3.05, 3.63) is 42.0 Å². The molecular formula is C18H24N6O2. The quantitative estimate of drug-likeness (QED) is 0.779. The van der Waals surface area contributed by atoms with Crippen molar-refractivity contribution < 1.29 is 9.53 Å². The van der Waals surface area contributed by atoms with Crippen LogP contribution in [0.2, 0.25) is 0 Å². The summed E-state index contributed by atoms with van der Waals surface area (Å²) >= 11 is 0. The Bertz CT molecular complexity index is 732. The van der Waals surface area contributed by atoms with Crippen LogP contribution in [0, 0.1) is 6.92 Å². The van der Waals surface area contributed by atoms with Crippen LogP contribution in [0.25, 0.3) is 0 Å². The van der Waals surface area contributed by atoms with Gasteiger partial charge in [-0.2, -0.15) is 0 Å². The highest BCUT2D eigenvalue weighted by molar-refractivity contribution is 5.93. The number of ether oxygens (including phenoxy) is 1. The van der Waals surface area contributed by atoms with Crippen LogP contribution in [-0.4, -0.2) is 72.2 Å². The molecule has 0 spiro atoms. The van der Waals surface area contributed by atoms with Crippen LogP contribution in [0.3, 0.4) is 0 Å². The molecule has 1 fully saturated rings. The van der Waals surface area contributed by atoms with Gasteiger partial charge in [0.1, 0.15) is 23.2 Å². The number of aromatic nitrogens is 3. The summed E-state index contributed by atoms with van der Waals surface area (Å²) in [4.78, 5) is 29.9. The van der Waals surface area contributed by atoms with E-state index in [1.165, 1.54) is 0 Å². The summed E-state index contributed by atoms with van der Waals surface area (Å²) in [7, 11) is 1.65. The van der Waals surface area contributed by atoms with Gasteiger partial charge in [0.15, 0.2) is 0 Å². The minimum Gasteiger partial charge on any atom is -0.383 e. The second-order valence-corrected chi connectivity index (χ2v) is 6.07. The normalized spacial score (nSPS) is 14.4. The van der Waals surface area contributed by atoms with Gasteiger partial charge in [-0.3, -0.25) is 4.79 Å². The van der Waals surface area contributed by atoms with E-state index in [4.69, 9.17) is 4.74 Å². The molecule has 0 aromatic carbocycles. The number of rotatable bonds is 6. The number of pyridine rings is 1. The Morgan fingerprint density at radius 2 is 2.04 bits per heavy atom. The fourth-order valence-corrected chi connectivity index (χ4v) is 2.89. The van der Waals surface area contributed by atoms with Crippen molar-refractivity contribution in [3.8, 4) is 0 Å². The fraction of sp³-hybridized carbons (Fsp3) is 0.444. The SMILES string of the molecule is COCCNc1cc(C(=O)N2CCN(c3ccccn3)CC2)nc(C)n1. The van der Waals surface area contributed by atoms with Gasteiger partial charge in [-0.25, -0.2) is 15.0 Å². The summed E-state index contributed by atoms with van der Waals surface area (Å²) in [6.07, 6.45) is 1.79. The molecule has 2 aromatic rings. The Hall–Kier alpha value is -2.74. The molecule has 8 heteroatoms. The Kier molecular flexibility index (Phi) is 5.96. The lowest BCUT2D eigenvalue weighted by atomic mass is 10.2. The van der Waals surface area contributed by atoms with Gasteiger partial charge in [0.2, 0.25) is 0 Å². The van der Waals surface area contributed by atoms with E-state index >= 15 is 0 Å².